The first-order chi connectivity index (χ1) is 9.42. The van der Waals surface area contributed by atoms with Crippen LogP contribution >= 0.6 is 0 Å². The van der Waals surface area contributed by atoms with Crippen LogP contribution in [0.3, 0.4) is 0 Å². The molecule has 1 aromatic rings. The number of methoxy groups -OCH3 is 1. The lowest BCUT2D eigenvalue weighted by Crippen LogP contribution is -1.97. The molecule has 20 heavy (non-hydrogen) atoms. The molecule has 1 aromatic carbocycles. The molecule has 0 aliphatic rings. The SMILES string of the molecule is CC(C)C.COc1ccc(C(C)C)cc1CCCCO. The highest BCUT2D eigenvalue weighted by atomic mass is 16.5. The number of aliphatic hydroxyl groups is 1. The van der Waals surface area contributed by atoms with Gasteiger partial charge in [-0.05, 0) is 48.3 Å². The van der Waals surface area contributed by atoms with Crippen LogP contribution in [-0.4, -0.2) is 18.8 Å². The Morgan fingerprint density at radius 2 is 1.65 bits per heavy atom. The number of benzene rings is 1. The fraction of sp³-hybridized carbons (Fsp3) is 0.667. The van der Waals surface area contributed by atoms with E-state index in [1.807, 2.05) is 6.07 Å². The zero-order valence-electron chi connectivity index (χ0n) is 14.1. The number of aryl methyl sites for hydroxylation is 1. The van der Waals surface area contributed by atoms with Crippen LogP contribution in [0.25, 0.3) is 0 Å². The molecule has 1 rings (SSSR count). The highest BCUT2D eigenvalue weighted by Gasteiger charge is 2.06. The van der Waals surface area contributed by atoms with Gasteiger partial charge in [0.1, 0.15) is 5.75 Å². The number of unbranched alkanes of at least 4 members (excludes halogenated alkanes) is 1. The smallest absolute Gasteiger partial charge is 0.122 e. The van der Waals surface area contributed by atoms with E-state index < -0.39 is 0 Å². The molecule has 0 fully saturated rings. The van der Waals surface area contributed by atoms with Gasteiger partial charge < -0.3 is 9.84 Å². The van der Waals surface area contributed by atoms with Crippen LogP contribution < -0.4 is 4.74 Å². The molecule has 0 aromatic heterocycles. The van der Waals surface area contributed by atoms with Crippen LogP contribution in [0, 0.1) is 5.92 Å². The van der Waals surface area contributed by atoms with Crippen molar-refractivity contribution in [3.8, 4) is 5.75 Å². The van der Waals surface area contributed by atoms with Crippen LogP contribution in [0.4, 0.5) is 0 Å². The molecular weight excluding hydrogens is 248 g/mol. The van der Waals surface area contributed by atoms with Gasteiger partial charge in [0.15, 0.2) is 0 Å². The maximum Gasteiger partial charge on any atom is 0.122 e. The first-order valence-electron chi connectivity index (χ1n) is 7.70. The highest BCUT2D eigenvalue weighted by molar-refractivity contribution is 5.38. The van der Waals surface area contributed by atoms with E-state index >= 15 is 0 Å². The summed E-state index contributed by atoms with van der Waals surface area (Å²) < 4.78 is 5.35. The monoisotopic (exact) mass is 280 g/mol. The van der Waals surface area contributed by atoms with Crippen LogP contribution in [0.2, 0.25) is 0 Å². The van der Waals surface area contributed by atoms with Gasteiger partial charge in [-0.25, -0.2) is 0 Å². The maximum atomic E-state index is 8.78. The molecule has 0 aliphatic heterocycles. The minimum atomic E-state index is 0.270. The number of rotatable bonds is 6. The topological polar surface area (TPSA) is 29.5 Å². The predicted molar refractivity (Wildman–Crippen MR) is 87.6 cm³/mol. The van der Waals surface area contributed by atoms with E-state index in [4.69, 9.17) is 9.84 Å². The van der Waals surface area contributed by atoms with Gasteiger partial charge >= 0.3 is 0 Å². The lowest BCUT2D eigenvalue weighted by Gasteiger charge is -2.12. The summed E-state index contributed by atoms with van der Waals surface area (Å²) in [5.74, 6) is 2.34. The Labute approximate surface area is 125 Å². The third-order valence-corrected chi connectivity index (χ3v) is 2.83. The average Bonchev–Trinajstić information content (AvgIpc) is 2.38. The number of ether oxygens (including phenoxy) is 1. The van der Waals surface area contributed by atoms with E-state index in [0.717, 1.165) is 30.9 Å². The van der Waals surface area contributed by atoms with E-state index in [0.29, 0.717) is 5.92 Å². The van der Waals surface area contributed by atoms with Gasteiger partial charge in [-0.3, -0.25) is 0 Å². The van der Waals surface area contributed by atoms with Crippen molar-refractivity contribution in [3.63, 3.8) is 0 Å². The largest absolute Gasteiger partial charge is 0.496 e. The van der Waals surface area contributed by atoms with Crippen molar-refractivity contribution in [2.75, 3.05) is 13.7 Å². The summed E-state index contributed by atoms with van der Waals surface area (Å²) in [6, 6.07) is 6.39. The second-order valence-corrected chi connectivity index (χ2v) is 6.14. The first-order valence-corrected chi connectivity index (χ1v) is 7.70. The summed E-state index contributed by atoms with van der Waals surface area (Å²) in [7, 11) is 1.71. The minimum absolute atomic E-state index is 0.270. The Morgan fingerprint density at radius 3 is 2.10 bits per heavy atom. The van der Waals surface area contributed by atoms with Crippen molar-refractivity contribution >= 4 is 0 Å². The number of hydrogen-bond donors (Lipinski definition) is 1. The lowest BCUT2D eigenvalue weighted by molar-refractivity contribution is 0.284. The third kappa shape index (κ3) is 8.21. The Hall–Kier alpha value is -1.02. The molecule has 0 atom stereocenters. The summed E-state index contributed by atoms with van der Waals surface area (Å²) in [6.07, 6.45) is 2.84. The highest BCUT2D eigenvalue weighted by Crippen LogP contribution is 2.25. The van der Waals surface area contributed by atoms with Crippen molar-refractivity contribution in [2.24, 2.45) is 5.92 Å². The predicted octanol–water partition coefficient (Wildman–Crippen LogP) is 4.80. The molecule has 0 saturated heterocycles. The van der Waals surface area contributed by atoms with Gasteiger partial charge in [-0.1, -0.05) is 46.8 Å². The number of aliphatic hydroxyl groups excluding tert-OH is 1. The lowest BCUT2D eigenvalue weighted by atomic mass is 9.98. The van der Waals surface area contributed by atoms with Gasteiger partial charge in [-0.15, -0.1) is 0 Å². The Morgan fingerprint density at radius 1 is 1.05 bits per heavy atom. The Kier molecular flexibility index (Phi) is 10.2. The third-order valence-electron chi connectivity index (χ3n) is 2.83. The molecule has 2 heteroatoms. The molecule has 0 saturated carbocycles. The van der Waals surface area contributed by atoms with E-state index in [1.54, 1.807) is 7.11 Å². The molecule has 0 bridgehead atoms. The van der Waals surface area contributed by atoms with Crippen LogP contribution in [-0.2, 0) is 6.42 Å². The van der Waals surface area contributed by atoms with Crippen LogP contribution in [0.5, 0.6) is 5.75 Å². The quantitative estimate of drug-likeness (QED) is 0.759. The summed E-state index contributed by atoms with van der Waals surface area (Å²) in [5, 5.41) is 8.78. The molecule has 0 radical (unpaired) electrons. The fourth-order valence-electron chi connectivity index (χ4n) is 1.78. The minimum Gasteiger partial charge on any atom is -0.496 e. The Bertz CT molecular complexity index is 354. The van der Waals surface area contributed by atoms with E-state index in [1.165, 1.54) is 11.1 Å². The molecule has 0 aliphatic carbocycles. The Balaban J connectivity index is 0.000000796. The summed E-state index contributed by atoms with van der Waals surface area (Å²) in [5.41, 5.74) is 2.60. The molecule has 1 N–H and O–H groups in total. The first kappa shape index (κ1) is 19.0. The molecule has 0 amide bonds. The van der Waals surface area contributed by atoms with Crippen molar-refractivity contribution in [1.29, 1.82) is 0 Å². The standard InChI is InChI=1S/C14H22O2.C4H10/c1-11(2)12-7-8-14(16-3)13(10-12)6-4-5-9-15;1-4(2)3/h7-8,10-11,15H,4-6,9H2,1-3H3;4H,1-3H3. The molecular formula is C18H32O2. The fourth-order valence-corrected chi connectivity index (χ4v) is 1.78. The summed E-state index contributed by atoms with van der Waals surface area (Å²) in [6.45, 7) is 11.2. The molecule has 0 spiro atoms. The zero-order valence-corrected chi connectivity index (χ0v) is 14.1. The molecule has 2 nitrogen and oxygen atoms in total. The van der Waals surface area contributed by atoms with Crippen molar-refractivity contribution in [2.45, 2.75) is 59.8 Å². The van der Waals surface area contributed by atoms with Gasteiger partial charge in [0.25, 0.3) is 0 Å². The molecule has 0 heterocycles. The number of hydrogen-bond acceptors (Lipinski definition) is 2. The van der Waals surface area contributed by atoms with Gasteiger partial charge in [0, 0.05) is 6.61 Å². The van der Waals surface area contributed by atoms with E-state index in [2.05, 4.69) is 46.8 Å². The van der Waals surface area contributed by atoms with Gasteiger partial charge in [0.05, 0.1) is 7.11 Å². The van der Waals surface area contributed by atoms with Crippen LogP contribution in [0.1, 0.15) is 64.5 Å². The van der Waals surface area contributed by atoms with E-state index in [9.17, 15) is 0 Å². The van der Waals surface area contributed by atoms with Crippen LogP contribution in [0.15, 0.2) is 18.2 Å². The second kappa shape index (κ2) is 10.7. The van der Waals surface area contributed by atoms with Gasteiger partial charge in [0.2, 0.25) is 0 Å². The van der Waals surface area contributed by atoms with Crippen molar-refractivity contribution in [1.82, 2.24) is 0 Å². The second-order valence-electron chi connectivity index (χ2n) is 6.14. The van der Waals surface area contributed by atoms with E-state index in [-0.39, 0.29) is 6.61 Å². The molecule has 116 valence electrons. The maximum absolute atomic E-state index is 8.78. The zero-order chi connectivity index (χ0) is 15.5. The average molecular weight is 280 g/mol. The summed E-state index contributed by atoms with van der Waals surface area (Å²) in [4.78, 5) is 0. The normalized spacial score (nSPS) is 10.4. The van der Waals surface area contributed by atoms with Crippen molar-refractivity contribution in [3.05, 3.63) is 29.3 Å². The van der Waals surface area contributed by atoms with Crippen molar-refractivity contribution < 1.29 is 9.84 Å². The summed E-state index contributed by atoms with van der Waals surface area (Å²) >= 11 is 0. The van der Waals surface area contributed by atoms with Gasteiger partial charge in [-0.2, -0.15) is 0 Å². The molecule has 0 unspecified atom stereocenters.